The molecule has 1 aromatic rings. The zero-order valence-corrected chi connectivity index (χ0v) is 12.3. The molecule has 1 aromatic carbocycles. The highest BCUT2D eigenvalue weighted by molar-refractivity contribution is 5.70. The van der Waals surface area contributed by atoms with Crippen LogP contribution in [0.3, 0.4) is 0 Å². The molecule has 0 amide bonds. The second kappa shape index (κ2) is 7.74. The first-order chi connectivity index (χ1) is 10.6. The van der Waals surface area contributed by atoms with E-state index in [0.717, 1.165) is 32.4 Å². The number of nitro benzene ring substituents is 1. The van der Waals surface area contributed by atoms with Crippen LogP contribution in [0.15, 0.2) is 24.3 Å². The third-order valence-corrected chi connectivity index (χ3v) is 3.79. The fourth-order valence-electron chi connectivity index (χ4n) is 2.60. The molecule has 0 radical (unpaired) electrons. The number of carbonyl (C=O) groups is 1. The van der Waals surface area contributed by atoms with Gasteiger partial charge in [-0.3, -0.25) is 14.9 Å². The highest BCUT2D eigenvalue weighted by Crippen LogP contribution is 2.18. The van der Waals surface area contributed by atoms with Gasteiger partial charge in [-0.15, -0.1) is 0 Å². The Morgan fingerprint density at radius 1 is 1.41 bits per heavy atom. The zero-order valence-electron chi connectivity index (χ0n) is 12.3. The third kappa shape index (κ3) is 4.70. The average Bonchev–Trinajstić information content (AvgIpc) is 2.52. The molecule has 1 N–H and O–H groups in total. The summed E-state index contributed by atoms with van der Waals surface area (Å²) < 4.78 is 5.54. The molecule has 1 heterocycles. The quantitative estimate of drug-likeness (QED) is 0.471. The summed E-state index contributed by atoms with van der Waals surface area (Å²) in [5.74, 6) is -0.371. The van der Waals surface area contributed by atoms with Crippen molar-refractivity contribution in [3.8, 4) is 5.75 Å². The SMILES string of the molecule is O=C(O)C1CCCN(CCCOc2ccc([N+](=O)[O-])cc2)C1. The molecule has 0 spiro atoms. The first-order valence-electron chi connectivity index (χ1n) is 7.38. The molecule has 1 aliphatic heterocycles. The van der Waals surface area contributed by atoms with Crippen molar-refractivity contribution >= 4 is 11.7 Å². The summed E-state index contributed by atoms with van der Waals surface area (Å²) in [7, 11) is 0. The zero-order chi connectivity index (χ0) is 15.9. The molecule has 1 atom stereocenters. The molecule has 1 aliphatic rings. The Labute approximate surface area is 128 Å². The number of aliphatic carboxylic acids is 1. The predicted octanol–water partition coefficient (Wildman–Crippen LogP) is 2.16. The number of likely N-dealkylation sites (tertiary alicyclic amines) is 1. The highest BCUT2D eigenvalue weighted by Gasteiger charge is 2.24. The van der Waals surface area contributed by atoms with Crippen LogP contribution in [0.4, 0.5) is 5.69 Å². The third-order valence-electron chi connectivity index (χ3n) is 3.79. The van der Waals surface area contributed by atoms with Crippen LogP contribution in [0.2, 0.25) is 0 Å². The van der Waals surface area contributed by atoms with Crippen LogP contribution in [-0.2, 0) is 4.79 Å². The number of nitrogens with zero attached hydrogens (tertiary/aromatic N) is 2. The maximum atomic E-state index is 11.0. The molecule has 0 aromatic heterocycles. The Bertz CT molecular complexity index is 517. The number of nitro groups is 1. The molecule has 0 saturated carbocycles. The lowest BCUT2D eigenvalue weighted by atomic mass is 9.98. The number of piperidine rings is 1. The van der Waals surface area contributed by atoms with Gasteiger partial charge in [0.15, 0.2) is 0 Å². The number of carboxylic acids is 1. The number of hydrogen-bond donors (Lipinski definition) is 1. The number of carboxylic acid groups (broad SMARTS) is 1. The molecular formula is C15H20N2O5. The molecule has 0 bridgehead atoms. The van der Waals surface area contributed by atoms with Crippen LogP contribution in [-0.4, -0.2) is 47.1 Å². The minimum Gasteiger partial charge on any atom is -0.494 e. The number of rotatable bonds is 7. The summed E-state index contributed by atoms with van der Waals surface area (Å²) >= 11 is 0. The van der Waals surface area contributed by atoms with Gasteiger partial charge < -0.3 is 14.7 Å². The summed E-state index contributed by atoms with van der Waals surface area (Å²) in [4.78, 5) is 23.2. The molecule has 1 saturated heterocycles. The highest BCUT2D eigenvalue weighted by atomic mass is 16.6. The van der Waals surface area contributed by atoms with Crippen LogP contribution in [0.5, 0.6) is 5.75 Å². The van der Waals surface area contributed by atoms with E-state index in [0.29, 0.717) is 18.9 Å². The van der Waals surface area contributed by atoms with E-state index in [1.54, 1.807) is 12.1 Å². The average molecular weight is 308 g/mol. The van der Waals surface area contributed by atoms with Gasteiger partial charge >= 0.3 is 5.97 Å². The summed E-state index contributed by atoms with van der Waals surface area (Å²) in [5.41, 5.74) is 0.0420. The van der Waals surface area contributed by atoms with Gasteiger partial charge in [-0.25, -0.2) is 0 Å². The number of hydrogen-bond acceptors (Lipinski definition) is 5. The van der Waals surface area contributed by atoms with E-state index in [1.165, 1.54) is 12.1 Å². The van der Waals surface area contributed by atoms with Gasteiger partial charge in [0.1, 0.15) is 5.75 Å². The predicted molar refractivity (Wildman–Crippen MR) is 80.0 cm³/mol. The summed E-state index contributed by atoms with van der Waals surface area (Å²) in [6, 6.07) is 5.99. The van der Waals surface area contributed by atoms with Crippen LogP contribution >= 0.6 is 0 Å². The van der Waals surface area contributed by atoms with E-state index in [4.69, 9.17) is 9.84 Å². The van der Waals surface area contributed by atoms with Crippen LogP contribution in [0.25, 0.3) is 0 Å². The Hall–Kier alpha value is -2.15. The summed E-state index contributed by atoms with van der Waals surface area (Å²) in [6.45, 7) is 2.84. The van der Waals surface area contributed by atoms with Crippen molar-refractivity contribution in [1.29, 1.82) is 0 Å². The topological polar surface area (TPSA) is 92.9 Å². The minimum absolute atomic E-state index is 0.0420. The Balaban J connectivity index is 1.68. The lowest BCUT2D eigenvalue weighted by Crippen LogP contribution is -2.39. The van der Waals surface area contributed by atoms with Crippen molar-refractivity contribution in [2.75, 3.05) is 26.2 Å². The van der Waals surface area contributed by atoms with Gasteiger partial charge in [0.2, 0.25) is 0 Å². The largest absolute Gasteiger partial charge is 0.494 e. The molecule has 22 heavy (non-hydrogen) atoms. The molecule has 0 aliphatic carbocycles. The fraction of sp³-hybridized carbons (Fsp3) is 0.533. The van der Waals surface area contributed by atoms with Gasteiger partial charge in [-0.1, -0.05) is 0 Å². The van der Waals surface area contributed by atoms with Crippen LogP contribution in [0.1, 0.15) is 19.3 Å². The maximum absolute atomic E-state index is 11.0. The standard InChI is InChI=1S/C15H20N2O5/c18-15(19)12-3-1-8-16(11-12)9-2-10-22-14-6-4-13(5-7-14)17(20)21/h4-7,12H,1-3,8-11H2,(H,18,19). The molecule has 2 rings (SSSR count). The first kappa shape index (κ1) is 16.2. The lowest BCUT2D eigenvalue weighted by Gasteiger charge is -2.30. The van der Waals surface area contributed by atoms with Crippen molar-refractivity contribution in [1.82, 2.24) is 4.90 Å². The Morgan fingerprint density at radius 3 is 2.77 bits per heavy atom. The monoisotopic (exact) mass is 308 g/mol. The smallest absolute Gasteiger partial charge is 0.307 e. The van der Waals surface area contributed by atoms with Crippen molar-refractivity contribution in [2.24, 2.45) is 5.92 Å². The van der Waals surface area contributed by atoms with Gasteiger partial charge in [0.25, 0.3) is 5.69 Å². The molecule has 120 valence electrons. The van der Waals surface area contributed by atoms with E-state index in [-0.39, 0.29) is 11.6 Å². The van der Waals surface area contributed by atoms with Crippen LogP contribution in [0, 0.1) is 16.0 Å². The van der Waals surface area contributed by atoms with Crippen molar-refractivity contribution < 1.29 is 19.6 Å². The van der Waals surface area contributed by atoms with Crippen LogP contribution < -0.4 is 4.74 Å². The van der Waals surface area contributed by atoms with Gasteiger partial charge in [0.05, 0.1) is 17.4 Å². The summed E-state index contributed by atoms with van der Waals surface area (Å²) in [6.07, 6.45) is 2.47. The molecule has 7 nitrogen and oxygen atoms in total. The second-order valence-corrected chi connectivity index (χ2v) is 5.43. The van der Waals surface area contributed by atoms with E-state index in [2.05, 4.69) is 4.90 Å². The summed E-state index contributed by atoms with van der Waals surface area (Å²) in [5, 5.41) is 19.6. The number of non-ortho nitro benzene ring substituents is 1. The number of ether oxygens (including phenoxy) is 1. The van der Waals surface area contributed by atoms with Crippen molar-refractivity contribution in [2.45, 2.75) is 19.3 Å². The second-order valence-electron chi connectivity index (χ2n) is 5.43. The minimum atomic E-state index is -0.716. The van der Waals surface area contributed by atoms with E-state index < -0.39 is 10.9 Å². The van der Waals surface area contributed by atoms with Gasteiger partial charge in [-0.2, -0.15) is 0 Å². The van der Waals surface area contributed by atoms with Gasteiger partial charge in [-0.05, 0) is 37.9 Å². The van der Waals surface area contributed by atoms with E-state index in [1.807, 2.05) is 0 Å². The lowest BCUT2D eigenvalue weighted by molar-refractivity contribution is -0.384. The van der Waals surface area contributed by atoms with E-state index >= 15 is 0 Å². The Kier molecular flexibility index (Phi) is 5.71. The molecule has 1 fully saturated rings. The van der Waals surface area contributed by atoms with Gasteiger partial charge in [0, 0.05) is 25.2 Å². The first-order valence-corrected chi connectivity index (χ1v) is 7.38. The number of benzene rings is 1. The van der Waals surface area contributed by atoms with Crippen molar-refractivity contribution in [3.63, 3.8) is 0 Å². The fourth-order valence-corrected chi connectivity index (χ4v) is 2.60. The van der Waals surface area contributed by atoms with E-state index in [9.17, 15) is 14.9 Å². The Morgan fingerprint density at radius 2 is 2.14 bits per heavy atom. The molecule has 1 unspecified atom stereocenters. The maximum Gasteiger partial charge on any atom is 0.307 e. The molecule has 7 heteroatoms. The molecular weight excluding hydrogens is 288 g/mol. The van der Waals surface area contributed by atoms with Crippen molar-refractivity contribution in [3.05, 3.63) is 34.4 Å². The normalized spacial score (nSPS) is 18.8.